The van der Waals surface area contributed by atoms with E-state index >= 15 is 0 Å². The molecule has 35 heavy (non-hydrogen) atoms. The van der Waals surface area contributed by atoms with Gasteiger partial charge in [-0.2, -0.15) is 0 Å². The van der Waals surface area contributed by atoms with Gasteiger partial charge in [0, 0.05) is 25.2 Å². The van der Waals surface area contributed by atoms with Crippen molar-refractivity contribution < 1.29 is 22.9 Å². The topological polar surface area (TPSA) is 130 Å². The molecule has 2 aromatic rings. The maximum Gasteiger partial charge on any atom is 0.271 e. The van der Waals surface area contributed by atoms with Crippen molar-refractivity contribution in [2.75, 3.05) is 23.7 Å². The summed E-state index contributed by atoms with van der Waals surface area (Å²) in [6.45, 7) is 6.95. The molecule has 0 heterocycles. The molecule has 0 saturated carbocycles. The second-order valence-corrected chi connectivity index (χ2v) is 10.2. The van der Waals surface area contributed by atoms with Crippen molar-refractivity contribution in [2.24, 2.45) is 0 Å². The van der Waals surface area contributed by atoms with Crippen molar-refractivity contribution in [2.45, 2.75) is 46.7 Å². The minimum atomic E-state index is -3.99. The molecule has 0 aromatic heterocycles. The molecule has 2 rings (SSSR count). The average molecular weight is 505 g/mol. The second-order valence-electron chi connectivity index (χ2n) is 8.32. The summed E-state index contributed by atoms with van der Waals surface area (Å²) < 4.78 is 26.3. The van der Waals surface area contributed by atoms with Gasteiger partial charge in [-0.25, -0.2) is 8.42 Å². The van der Waals surface area contributed by atoms with Gasteiger partial charge < -0.3 is 10.2 Å². The van der Waals surface area contributed by atoms with Crippen molar-refractivity contribution in [1.82, 2.24) is 10.2 Å². The van der Waals surface area contributed by atoms with Crippen molar-refractivity contribution >= 4 is 33.2 Å². The zero-order chi connectivity index (χ0) is 26.3. The number of nitrogens with zero attached hydrogens (tertiary/aromatic N) is 3. The van der Waals surface area contributed by atoms with Crippen LogP contribution in [0.3, 0.4) is 0 Å². The van der Waals surface area contributed by atoms with E-state index in [0.29, 0.717) is 18.5 Å². The number of likely N-dealkylation sites (N-methyl/N-ethyl adjacent to an activating group) is 1. The first kappa shape index (κ1) is 27.8. The smallest absolute Gasteiger partial charge is 0.271 e. The van der Waals surface area contributed by atoms with Crippen molar-refractivity contribution in [3.8, 4) is 0 Å². The maximum absolute atomic E-state index is 13.6. The van der Waals surface area contributed by atoms with Gasteiger partial charge in [0.15, 0.2) is 0 Å². The van der Waals surface area contributed by atoms with Gasteiger partial charge >= 0.3 is 0 Å². The van der Waals surface area contributed by atoms with Crippen LogP contribution in [0.4, 0.5) is 11.4 Å². The quantitative estimate of drug-likeness (QED) is 0.370. The Balaban J connectivity index is 2.51. The molecule has 0 radical (unpaired) electrons. The molecule has 1 N–H and O–H groups in total. The molecule has 0 aliphatic rings. The molecule has 0 bridgehead atoms. The number of nitro groups is 1. The Labute approximate surface area is 206 Å². The number of hydrogen-bond acceptors (Lipinski definition) is 6. The highest BCUT2D eigenvalue weighted by molar-refractivity contribution is 7.92. The highest BCUT2D eigenvalue weighted by atomic mass is 32.2. The molecule has 11 heteroatoms. The first-order valence-electron chi connectivity index (χ1n) is 11.2. The highest BCUT2D eigenvalue weighted by Crippen LogP contribution is 2.28. The van der Waals surface area contributed by atoms with E-state index in [-0.39, 0.29) is 23.8 Å². The molecule has 1 unspecified atom stereocenters. The normalized spacial score (nSPS) is 12.0. The number of non-ortho nitro benzene ring substituents is 1. The number of anilines is 1. The Hall–Kier alpha value is -3.47. The molecule has 0 aliphatic carbocycles. The lowest BCUT2D eigenvalue weighted by molar-refractivity contribution is -0.384. The molecule has 2 aromatic carbocycles. The predicted octanol–water partition coefficient (Wildman–Crippen LogP) is 2.92. The monoisotopic (exact) mass is 504 g/mol. The van der Waals surface area contributed by atoms with E-state index in [1.54, 1.807) is 20.8 Å². The summed E-state index contributed by atoms with van der Waals surface area (Å²) in [5, 5.41) is 14.0. The third-order valence-electron chi connectivity index (χ3n) is 5.56. The minimum absolute atomic E-state index is 0.0383. The van der Waals surface area contributed by atoms with Gasteiger partial charge in [0.25, 0.3) is 5.69 Å². The highest BCUT2D eigenvalue weighted by Gasteiger charge is 2.32. The van der Waals surface area contributed by atoms with E-state index in [1.807, 2.05) is 31.2 Å². The molecule has 10 nitrogen and oxygen atoms in total. The fraction of sp³-hybridized carbons (Fsp3) is 0.417. The summed E-state index contributed by atoms with van der Waals surface area (Å²) in [5.74, 6) is -0.937. The van der Waals surface area contributed by atoms with Crippen LogP contribution in [0.5, 0.6) is 0 Å². The van der Waals surface area contributed by atoms with E-state index in [1.165, 1.54) is 17.0 Å². The molecule has 2 amide bonds. The molecule has 0 fully saturated rings. The Kier molecular flexibility index (Phi) is 9.35. The maximum atomic E-state index is 13.6. The number of carbonyl (C=O) groups excluding carboxylic acids is 2. The standard InChI is InChI=1S/C24H32N4O6S/c1-6-21(24(30)25-7-2)26(15-19-11-8-17(3)9-12-19)23(29)16-27(35(5,33)34)22-14-20(28(31)32)13-10-18(22)4/h8-14,21H,6-7,15-16H2,1-5H3,(H,25,30). The zero-order valence-corrected chi connectivity index (χ0v) is 21.5. The van der Waals surface area contributed by atoms with Crippen LogP contribution in [-0.2, 0) is 26.2 Å². The van der Waals surface area contributed by atoms with Crippen LogP contribution < -0.4 is 9.62 Å². The zero-order valence-electron chi connectivity index (χ0n) is 20.6. The molecular weight excluding hydrogens is 472 g/mol. The van der Waals surface area contributed by atoms with Crippen LogP contribution in [0.15, 0.2) is 42.5 Å². The summed E-state index contributed by atoms with van der Waals surface area (Å²) >= 11 is 0. The third kappa shape index (κ3) is 7.25. The van der Waals surface area contributed by atoms with Crippen molar-refractivity contribution in [3.05, 3.63) is 69.3 Å². The molecule has 0 aliphatic heterocycles. The van der Waals surface area contributed by atoms with Crippen molar-refractivity contribution in [3.63, 3.8) is 0 Å². The largest absolute Gasteiger partial charge is 0.355 e. The van der Waals surface area contributed by atoms with Gasteiger partial charge in [0.05, 0.1) is 16.9 Å². The van der Waals surface area contributed by atoms with Crippen LogP contribution in [0.25, 0.3) is 0 Å². The minimum Gasteiger partial charge on any atom is -0.355 e. The van der Waals surface area contributed by atoms with E-state index in [0.717, 1.165) is 27.8 Å². The number of amides is 2. The second kappa shape index (κ2) is 11.8. The summed E-state index contributed by atoms with van der Waals surface area (Å²) in [4.78, 5) is 38.4. The summed E-state index contributed by atoms with van der Waals surface area (Å²) in [7, 11) is -3.99. The van der Waals surface area contributed by atoms with Crippen LogP contribution in [0.2, 0.25) is 0 Å². The molecule has 0 saturated heterocycles. The Morgan fingerprint density at radius 2 is 1.71 bits per heavy atom. The lowest BCUT2D eigenvalue weighted by Gasteiger charge is -2.33. The molecule has 1 atom stereocenters. The van der Waals surface area contributed by atoms with E-state index in [2.05, 4.69) is 5.32 Å². The van der Waals surface area contributed by atoms with Crippen LogP contribution in [0, 0.1) is 24.0 Å². The van der Waals surface area contributed by atoms with Crippen LogP contribution in [0.1, 0.15) is 37.0 Å². The van der Waals surface area contributed by atoms with E-state index in [4.69, 9.17) is 0 Å². The SMILES string of the molecule is CCNC(=O)C(CC)N(Cc1ccc(C)cc1)C(=O)CN(c1cc([N+](=O)[O-])ccc1C)S(C)(=O)=O. The van der Waals surface area contributed by atoms with E-state index in [9.17, 15) is 28.1 Å². The van der Waals surface area contributed by atoms with Crippen LogP contribution >= 0.6 is 0 Å². The summed E-state index contributed by atoms with van der Waals surface area (Å²) in [6, 6.07) is 10.5. The first-order valence-corrected chi connectivity index (χ1v) is 13.1. The fourth-order valence-corrected chi connectivity index (χ4v) is 4.58. The Morgan fingerprint density at radius 3 is 2.23 bits per heavy atom. The lowest BCUT2D eigenvalue weighted by Crippen LogP contribution is -2.52. The number of aryl methyl sites for hydroxylation is 2. The lowest BCUT2D eigenvalue weighted by atomic mass is 10.1. The number of carbonyl (C=O) groups is 2. The van der Waals surface area contributed by atoms with Gasteiger partial charge in [0.1, 0.15) is 12.6 Å². The molecule has 0 spiro atoms. The van der Waals surface area contributed by atoms with Gasteiger partial charge in [-0.15, -0.1) is 0 Å². The van der Waals surface area contributed by atoms with E-state index < -0.39 is 33.4 Å². The third-order valence-corrected chi connectivity index (χ3v) is 6.69. The Morgan fingerprint density at radius 1 is 1.09 bits per heavy atom. The first-order chi connectivity index (χ1) is 16.4. The van der Waals surface area contributed by atoms with Gasteiger partial charge in [-0.05, 0) is 38.3 Å². The van der Waals surface area contributed by atoms with Crippen molar-refractivity contribution in [1.29, 1.82) is 0 Å². The number of hydrogen-bond donors (Lipinski definition) is 1. The van der Waals surface area contributed by atoms with Gasteiger partial charge in [-0.1, -0.05) is 42.8 Å². The summed E-state index contributed by atoms with van der Waals surface area (Å²) in [6.07, 6.45) is 1.25. The number of sulfonamides is 1. The van der Waals surface area contributed by atoms with Gasteiger partial charge in [-0.3, -0.25) is 24.0 Å². The number of benzene rings is 2. The average Bonchev–Trinajstić information content (AvgIpc) is 2.78. The number of nitrogens with one attached hydrogen (secondary N) is 1. The number of rotatable bonds is 11. The number of nitro benzene ring substituents is 1. The molecular formula is C24H32N4O6S. The predicted molar refractivity (Wildman–Crippen MR) is 135 cm³/mol. The fourth-order valence-electron chi connectivity index (χ4n) is 3.68. The van der Waals surface area contributed by atoms with Crippen LogP contribution in [-0.4, -0.2) is 55.4 Å². The molecule has 190 valence electrons. The summed E-state index contributed by atoms with van der Waals surface area (Å²) in [5.41, 5.74) is 2.01. The van der Waals surface area contributed by atoms with Gasteiger partial charge in [0.2, 0.25) is 21.8 Å². The Bertz CT molecular complexity index is 1180.